The summed E-state index contributed by atoms with van der Waals surface area (Å²) in [4.78, 5) is 0. The lowest BCUT2D eigenvalue weighted by Crippen LogP contribution is -2.20. The van der Waals surface area contributed by atoms with Crippen LogP contribution in [0, 0.1) is 0 Å². The molecule has 0 unspecified atom stereocenters. The van der Waals surface area contributed by atoms with E-state index < -0.39 is 9.84 Å². The van der Waals surface area contributed by atoms with E-state index in [2.05, 4.69) is 5.10 Å². The zero-order valence-electron chi connectivity index (χ0n) is 9.57. The number of rotatable bonds is 1. The second-order valence-corrected chi connectivity index (χ2v) is 6.57. The van der Waals surface area contributed by atoms with Gasteiger partial charge in [-0.2, -0.15) is 5.10 Å². The van der Waals surface area contributed by atoms with Gasteiger partial charge in [0.15, 0.2) is 9.84 Å². The number of benzene rings is 1. The Balaban J connectivity index is 2.09. The van der Waals surface area contributed by atoms with Gasteiger partial charge in [-0.05, 0) is 12.1 Å². The van der Waals surface area contributed by atoms with Gasteiger partial charge in [0.2, 0.25) is 0 Å². The number of hydrogen-bond acceptors (Lipinski definition) is 4. The van der Waals surface area contributed by atoms with Gasteiger partial charge in [-0.15, -0.1) is 0 Å². The molecule has 1 aromatic carbocycles. The van der Waals surface area contributed by atoms with Crippen molar-refractivity contribution < 1.29 is 13.5 Å². The van der Waals surface area contributed by atoms with E-state index in [-0.39, 0.29) is 17.3 Å². The second kappa shape index (κ2) is 3.84. The molecular weight excluding hydrogens is 252 g/mol. The minimum absolute atomic E-state index is 0.0567. The third kappa shape index (κ3) is 1.88. The van der Waals surface area contributed by atoms with Crippen LogP contribution in [0.4, 0.5) is 0 Å². The molecule has 5 nitrogen and oxygen atoms in total. The predicted molar refractivity (Wildman–Crippen MR) is 66.4 cm³/mol. The number of fused-ring (bicyclic) bond motifs is 1. The SMILES string of the molecule is O=S1(=O)CCc2c(cnn2-c2cccc(O)c2)C1. The van der Waals surface area contributed by atoms with Crippen molar-refractivity contribution in [2.45, 2.75) is 12.2 Å². The quantitative estimate of drug-likeness (QED) is 0.835. The van der Waals surface area contributed by atoms with E-state index in [1.165, 1.54) is 0 Å². The van der Waals surface area contributed by atoms with Gasteiger partial charge in [-0.3, -0.25) is 0 Å². The first-order valence-electron chi connectivity index (χ1n) is 5.61. The molecule has 0 fully saturated rings. The Morgan fingerprint density at radius 1 is 1.33 bits per heavy atom. The van der Waals surface area contributed by atoms with E-state index in [1.54, 1.807) is 29.1 Å². The van der Waals surface area contributed by atoms with Crippen LogP contribution in [0.15, 0.2) is 30.5 Å². The fourth-order valence-electron chi connectivity index (χ4n) is 2.20. The van der Waals surface area contributed by atoms with Crippen molar-refractivity contribution in [2.75, 3.05) is 5.75 Å². The maximum atomic E-state index is 11.5. The summed E-state index contributed by atoms with van der Waals surface area (Å²) in [7, 11) is -2.98. The Morgan fingerprint density at radius 3 is 2.94 bits per heavy atom. The molecule has 2 aromatic rings. The fraction of sp³-hybridized carbons (Fsp3) is 0.250. The fourth-order valence-corrected chi connectivity index (χ4v) is 3.57. The Labute approximate surface area is 105 Å². The minimum Gasteiger partial charge on any atom is -0.508 e. The first kappa shape index (κ1) is 11.3. The summed E-state index contributed by atoms with van der Waals surface area (Å²) in [6.07, 6.45) is 2.06. The summed E-state index contributed by atoms with van der Waals surface area (Å²) >= 11 is 0. The number of aromatic nitrogens is 2. The van der Waals surface area contributed by atoms with Crippen LogP contribution in [0.5, 0.6) is 5.75 Å². The number of sulfone groups is 1. The summed E-state index contributed by atoms with van der Waals surface area (Å²) < 4.78 is 24.8. The van der Waals surface area contributed by atoms with Crippen molar-refractivity contribution in [3.8, 4) is 11.4 Å². The molecule has 0 bridgehead atoms. The molecule has 0 radical (unpaired) electrons. The number of aromatic hydroxyl groups is 1. The maximum absolute atomic E-state index is 11.5. The first-order chi connectivity index (χ1) is 8.55. The molecule has 0 amide bonds. The molecule has 1 N–H and O–H groups in total. The number of hydrogen-bond donors (Lipinski definition) is 1. The standard InChI is InChI=1S/C12H12N2O3S/c15-11-3-1-2-10(6-11)14-12-4-5-18(16,17)8-9(12)7-13-14/h1-3,6-7,15H,4-5,8H2. The van der Waals surface area contributed by atoms with Gasteiger partial charge in [0.25, 0.3) is 0 Å². The number of phenols is 1. The van der Waals surface area contributed by atoms with Crippen LogP contribution in [0.2, 0.25) is 0 Å². The monoisotopic (exact) mass is 264 g/mol. The van der Waals surface area contributed by atoms with Crippen LogP contribution in [0.3, 0.4) is 0 Å². The van der Waals surface area contributed by atoms with Gasteiger partial charge in [-0.1, -0.05) is 6.07 Å². The highest BCUT2D eigenvalue weighted by Crippen LogP contribution is 2.24. The lowest BCUT2D eigenvalue weighted by atomic mass is 10.2. The predicted octanol–water partition coefficient (Wildman–Crippen LogP) is 1.05. The lowest BCUT2D eigenvalue weighted by molar-refractivity contribution is 0.474. The minimum atomic E-state index is -2.98. The molecule has 18 heavy (non-hydrogen) atoms. The normalized spacial score (nSPS) is 17.3. The van der Waals surface area contributed by atoms with Crippen molar-refractivity contribution in [1.29, 1.82) is 0 Å². The zero-order chi connectivity index (χ0) is 12.8. The van der Waals surface area contributed by atoms with E-state index in [4.69, 9.17) is 0 Å². The maximum Gasteiger partial charge on any atom is 0.154 e. The van der Waals surface area contributed by atoms with Gasteiger partial charge < -0.3 is 5.11 Å². The van der Waals surface area contributed by atoms with Crippen LogP contribution in [-0.4, -0.2) is 29.1 Å². The van der Waals surface area contributed by atoms with Crippen molar-refractivity contribution in [3.05, 3.63) is 41.7 Å². The van der Waals surface area contributed by atoms with Crippen LogP contribution in [-0.2, 0) is 22.0 Å². The Kier molecular flexibility index (Phi) is 2.41. The molecule has 0 aliphatic carbocycles. The molecule has 2 heterocycles. The molecule has 1 aromatic heterocycles. The van der Waals surface area contributed by atoms with E-state index in [1.807, 2.05) is 6.07 Å². The summed E-state index contributed by atoms with van der Waals surface area (Å²) in [5.41, 5.74) is 2.41. The smallest absolute Gasteiger partial charge is 0.154 e. The summed E-state index contributed by atoms with van der Waals surface area (Å²) in [6, 6.07) is 6.76. The molecule has 94 valence electrons. The van der Waals surface area contributed by atoms with Crippen molar-refractivity contribution in [1.82, 2.24) is 9.78 Å². The molecule has 0 atom stereocenters. The molecule has 1 aliphatic heterocycles. The lowest BCUT2D eigenvalue weighted by Gasteiger charge is -2.14. The van der Waals surface area contributed by atoms with Gasteiger partial charge in [0.1, 0.15) is 5.75 Å². The molecule has 0 saturated carbocycles. The van der Waals surface area contributed by atoms with E-state index >= 15 is 0 Å². The first-order valence-corrected chi connectivity index (χ1v) is 7.43. The highest BCUT2D eigenvalue weighted by atomic mass is 32.2. The average Bonchev–Trinajstić information content (AvgIpc) is 2.70. The van der Waals surface area contributed by atoms with Gasteiger partial charge in [-0.25, -0.2) is 13.1 Å². The second-order valence-electron chi connectivity index (χ2n) is 4.39. The summed E-state index contributed by atoms with van der Waals surface area (Å²) in [6.45, 7) is 0. The number of phenolic OH excluding ortho intramolecular Hbond substituents is 1. The van der Waals surface area contributed by atoms with Crippen molar-refractivity contribution in [3.63, 3.8) is 0 Å². The largest absolute Gasteiger partial charge is 0.508 e. The third-order valence-electron chi connectivity index (χ3n) is 3.05. The van der Waals surface area contributed by atoms with Crippen molar-refractivity contribution in [2.24, 2.45) is 0 Å². The van der Waals surface area contributed by atoms with E-state index in [0.717, 1.165) is 16.9 Å². The summed E-state index contributed by atoms with van der Waals surface area (Å²) in [5, 5.41) is 13.7. The van der Waals surface area contributed by atoms with E-state index in [9.17, 15) is 13.5 Å². The Bertz CT molecular complexity index is 704. The molecular formula is C12H12N2O3S. The van der Waals surface area contributed by atoms with Gasteiger partial charge >= 0.3 is 0 Å². The molecule has 1 aliphatic rings. The number of nitrogens with zero attached hydrogens (tertiary/aromatic N) is 2. The van der Waals surface area contributed by atoms with Crippen LogP contribution >= 0.6 is 0 Å². The molecule has 0 spiro atoms. The van der Waals surface area contributed by atoms with Crippen LogP contribution in [0.1, 0.15) is 11.3 Å². The Morgan fingerprint density at radius 2 is 2.17 bits per heavy atom. The van der Waals surface area contributed by atoms with Gasteiger partial charge in [0, 0.05) is 23.7 Å². The van der Waals surface area contributed by atoms with Crippen LogP contribution < -0.4 is 0 Å². The molecule has 0 saturated heterocycles. The highest BCUT2D eigenvalue weighted by Gasteiger charge is 2.25. The Hall–Kier alpha value is -1.82. The highest BCUT2D eigenvalue weighted by molar-refractivity contribution is 7.90. The summed E-state index contributed by atoms with van der Waals surface area (Å²) in [5.74, 6) is 0.381. The van der Waals surface area contributed by atoms with Crippen molar-refractivity contribution >= 4 is 9.84 Å². The molecule has 6 heteroatoms. The molecule has 3 rings (SSSR count). The van der Waals surface area contributed by atoms with Gasteiger partial charge in [0.05, 0.1) is 23.4 Å². The zero-order valence-corrected chi connectivity index (χ0v) is 10.4. The topological polar surface area (TPSA) is 72.2 Å². The van der Waals surface area contributed by atoms with E-state index in [0.29, 0.717) is 6.42 Å². The average molecular weight is 264 g/mol. The van der Waals surface area contributed by atoms with Crippen LogP contribution in [0.25, 0.3) is 5.69 Å². The third-order valence-corrected chi connectivity index (χ3v) is 4.63.